The molecule has 1 amide bonds. The van der Waals surface area contributed by atoms with Crippen LogP contribution in [0.4, 0.5) is 0 Å². The van der Waals surface area contributed by atoms with Crippen LogP contribution in [0.2, 0.25) is 0 Å². The van der Waals surface area contributed by atoms with Gasteiger partial charge in [0.1, 0.15) is 0 Å². The summed E-state index contributed by atoms with van der Waals surface area (Å²) in [6, 6.07) is 3.54. The highest BCUT2D eigenvalue weighted by Gasteiger charge is 1.98. The molecule has 0 spiro atoms. The number of amides is 1. The molecule has 0 radical (unpaired) electrons. The fourth-order valence-corrected chi connectivity index (χ4v) is 1.09. The lowest BCUT2D eigenvalue weighted by molar-refractivity contribution is -0.118. The van der Waals surface area contributed by atoms with E-state index in [1.54, 1.807) is 16.7 Å². The Balaban J connectivity index is 2.44. The van der Waals surface area contributed by atoms with E-state index < -0.39 is 0 Å². The molecule has 4 nitrogen and oxygen atoms in total. The normalized spacial score (nSPS) is 9.62. The van der Waals surface area contributed by atoms with Crippen molar-refractivity contribution in [3.8, 4) is 0 Å². The number of nitrogens with one attached hydrogen (secondary N) is 1. The van der Waals surface area contributed by atoms with Gasteiger partial charge in [0.15, 0.2) is 6.29 Å². The zero-order valence-corrected chi connectivity index (χ0v) is 7.49. The van der Waals surface area contributed by atoms with Gasteiger partial charge in [-0.15, -0.1) is 0 Å². The molecule has 0 aliphatic heterocycles. The van der Waals surface area contributed by atoms with Crippen LogP contribution in [-0.2, 0) is 11.3 Å². The number of carbonyl (C=O) groups is 2. The summed E-state index contributed by atoms with van der Waals surface area (Å²) in [6.45, 7) is 2.64. The topological polar surface area (TPSA) is 51.1 Å². The Kier molecular flexibility index (Phi) is 3.25. The summed E-state index contributed by atoms with van der Waals surface area (Å²) in [7, 11) is 0. The van der Waals surface area contributed by atoms with E-state index in [9.17, 15) is 9.59 Å². The molecule has 0 saturated carbocycles. The third-order valence-corrected chi connectivity index (χ3v) is 1.71. The summed E-state index contributed by atoms with van der Waals surface area (Å²) in [5, 5.41) is 2.66. The summed E-state index contributed by atoms with van der Waals surface area (Å²) in [4.78, 5) is 21.0. The summed E-state index contributed by atoms with van der Waals surface area (Å²) < 4.78 is 1.79. The highest BCUT2D eigenvalue weighted by atomic mass is 16.1. The smallest absolute Gasteiger partial charge is 0.216 e. The van der Waals surface area contributed by atoms with Gasteiger partial charge in [0.2, 0.25) is 5.91 Å². The van der Waals surface area contributed by atoms with Gasteiger partial charge in [-0.1, -0.05) is 0 Å². The summed E-state index contributed by atoms with van der Waals surface area (Å²) in [5.74, 6) is -0.0557. The molecule has 0 aromatic carbocycles. The van der Waals surface area contributed by atoms with Crippen molar-refractivity contribution < 1.29 is 9.59 Å². The molecule has 0 aliphatic rings. The first-order valence-electron chi connectivity index (χ1n) is 4.09. The fourth-order valence-electron chi connectivity index (χ4n) is 1.09. The van der Waals surface area contributed by atoms with E-state index in [1.165, 1.54) is 6.92 Å². The van der Waals surface area contributed by atoms with Crippen LogP contribution >= 0.6 is 0 Å². The van der Waals surface area contributed by atoms with Crippen LogP contribution in [0.15, 0.2) is 18.3 Å². The van der Waals surface area contributed by atoms with Crippen LogP contribution in [-0.4, -0.2) is 23.3 Å². The predicted molar refractivity (Wildman–Crippen MR) is 48.5 cm³/mol. The first-order chi connectivity index (χ1) is 6.24. The van der Waals surface area contributed by atoms with Crippen molar-refractivity contribution in [3.05, 3.63) is 24.0 Å². The number of hydrogen-bond acceptors (Lipinski definition) is 2. The Hall–Kier alpha value is -1.58. The van der Waals surface area contributed by atoms with E-state index in [1.807, 2.05) is 6.20 Å². The minimum atomic E-state index is -0.0557. The van der Waals surface area contributed by atoms with Crippen molar-refractivity contribution in [1.29, 1.82) is 0 Å². The lowest BCUT2D eigenvalue weighted by Crippen LogP contribution is -2.24. The maximum absolute atomic E-state index is 10.5. The predicted octanol–water partition coefficient (Wildman–Crippen LogP) is 0.437. The molecule has 0 unspecified atom stereocenters. The number of carbonyl (C=O) groups excluding carboxylic acids is 2. The van der Waals surface area contributed by atoms with Crippen LogP contribution < -0.4 is 5.32 Å². The van der Waals surface area contributed by atoms with E-state index in [2.05, 4.69) is 5.32 Å². The molecule has 1 aromatic rings. The first-order valence-corrected chi connectivity index (χ1v) is 4.09. The van der Waals surface area contributed by atoms with Gasteiger partial charge in [-0.2, -0.15) is 0 Å². The van der Waals surface area contributed by atoms with E-state index in [-0.39, 0.29) is 5.91 Å². The molecule has 1 N–H and O–H groups in total. The molecular weight excluding hydrogens is 168 g/mol. The van der Waals surface area contributed by atoms with Crippen molar-refractivity contribution in [2.45, 2.75) is 13.5 Å². The molecule has 0 atom stereocenters. The minimum absolute atomic E-state index is 0.0557. The van der Waals surface area contributed by atoms with Gasteiger partial charge < -0.3 is 9.88 Å². The Morgan fingerprint density at radius 3 is 3.08 bits per heavy atom. The Morgan fingerprint density at radius 2 is 2.46 bits per heavy atom. The zero-order valence-electron chi connectivity index (χ0n) is 7.49. The molecule has 0 aliphatic carbocycles. The third-order valence-electron chi connectivity index (χ3n) is 1.71. The number of aromatic nitrogens is 1. The van der Waals surface area contributed by atoms with Crippen molar-refractivity contribution >= 4 is 12.2 Å². The number of rotatable bonds is 4. The lowest BCUT2D eigenvalue weighted by atomic mass is 10.4. The quantitative estimate of drug-likeness (QED) is 0.683. The molecule has 0 saturated heterocycles. The molecule has 1 rings (SSSR count). The molecule has 13 heavy (non-hydrogen) atoms. The maximum atomic E-state index is 10.5. The van der Waals surface area contributed by atoms with E-state index in [0.717, 1.165) is 6.29 Å². The summed E-state index contributed by atoms with van der Waals surface area (Å²) in [5.41, 5.74) is 0.630. The van der Waals surface area contributed by atoms with Crippen molar-refractivity contribution in [1.82, 2.24) is 9.88 Å². The van der Waals surface area contributed by atoms with Gasteiger partial charge in [0, 0.05) is 26.2 Å². The van der Waals surface area contributed by atoms with Crippen molar-refractivity contribution in [2.75, 3.05) is 6.54 Å². The highest BCUT2D eigenvalue weighted by molar-refractivity contribution is 5.73. The van der Waals surface area contributed by atoms with Gasteiger partial charge >= 0.3 is 0 Å². The molecular formula is C9H12N2O2. The molecule has 0 fully saturated rings. The van der Waals surface area contributed by atoms with Crippen LogP contribution in [0.3, 0.4) is 0 Å². The fraction of sp³-hybridized carbons (Fsp3) is 0.333. The summed E-state index contributed by atoms with van der Waals surface area (Å²) in [6.07, 6.45) is 2.61. The minimum Gasteiger partial charge on any atom is -0.355 e. The van der Waals surface area contributed by atoms with Gasteiger partial charge in [-0.25, -0.2) is 0 Å². The summed E-state index contributed by atoms with van der Waals surface area (Å²) >= 11 is 0. The van der Waals surface area contributed by atoms with Crippen molar-refractivity contribution in [2.24, 2.45) is 0 Å². The van der Waals surface area contributed by atoms with Crippen molar-refractivity contribution in [3.63, 3.8) is 0 Å². The van der Waals surface area contributed by atoms with Crippen LogP contribution in [0.5, 0.6) is 0 Å². The highest BCUT2D eigenvalue weighted by Crippen LogP contribution is 1.97. The van der Waals surface area contributed by atoms with Gasteiger partial charge in [0.25, 0.3) is 0 Å². The van der Waals surface area contributed by atoms with Gasteiger partial charge in [-0.05, 0) is 12.1 Å². The second-order valence-electron chi connectivity index (χ2n) is 2.73. The molecule has 1 aromatic heterocycles. The number of nitrogens with zero attached hydrogens (tertiary/aromatic N) is 1. The Morgan fingerprint density at radius 1 is 1.69 bits per heavy atom. The van der Waals surface area contributed by atoms with Gasteiger partial charge in [0.05, 0.1) is 5.69 Å². The monoisotopic (exact) mass is 180 g/mol. The largest absolute Gasteiger partial charge is 0.355 e. The maximum Gasteiger partial charge on any atom is 0.216 e. The van der Waals surface area contributed by atoms with Crippen LogP contribution in [0.25, 0.3) is 0 Å². The average Bonchev–Trinajstić information content (AvgIpc) is 2.51. The molecule has 70 valence electrons. The second-order valence-corrected chi connectivity index (χ2v) is 2.73. The van der Waals surface area contributed by atoms with Crippen LogP contribution in [0, 0.1) is 0 Å². The standard InChI is InChI=1S/C9H12N2O2/c1-8(13)10-4-6-11-5-2-3-9(11)7-12/h2-3,5,7H,4,6H2,1H3,(H,10,13). The second kappa shape index (κ2) is 4.45. The molecule has 0 bridgehead atoms. The zero-order chi connectivity index (χ0) is 9.68. The van der Waals surface area contributed by atoms with Gasteiger partial charge in [-0.3, -0.25) is 9.59 Å². The van der Waals surface area contributed by atoms with Crippen LogP contribution in [0.1, 0.15) is 17.4 Å². The molecule has 4 heteroatoms. The first kappa shape index (κ1) is 9.51. The average molecular weight is 180 g/mol. The van der Waals surface area contributed by atoms with E-state index in [0.29, 0.717) is 18.8 Å². The number of aldehydes is 1. The lowest BCUT2D eigenvalue weighted by Gasteiger charge is -2.05. The number of hydrogen-bond donors (Lipinski definition) is 1. The Bertz CT molecular complexity index is 304. The SMILES string of the molecule is CC(=O)NCCn1cccc1C=O. The molecule has 1 heterocycles. The Labute approximate surface area is 76.5 Å². The van der Waals surface area contributed by atoms with E-state index >= 15 is 0 Å². The third kappa shape index (κ3) is 2.74. The van der Waals surface area contributed by atoms with E-state index in [4.69, 9.17) is 0 Å².